The van der Waals surface area contributed by atoms with Gasteiger partial charge in [0.05, 0.1) is 5.56 Å². The average molecular weight is 382 g/mol. The molecule has 0 spiro atoms. The van der Waals surface area contributed by atoms with Gasteiger partial charge >= 0.3 is 0 Å². The number of phenols is 1. The lowest BCUT2D eigenvalue weighted by Gasteiger charge is -2.07. The van der Waals surface area contributed by atoms with Crippen LogP contribution in [0.1, 0.15) is 36.0 Å². The number of alkyl halides is 1. The summed E-state index contributed by atoms with van der Waals surface area (Å²) < 4.78 is 0.928. The molecule has 1 aromatic carbocycles. The maximum Gasteiger partial charge on any atom is 0.255 e. The SMILES string of the molecule is O=C(NCCCCCCCl)c1cc(I)ccc1O. The molecular weight excluding hydrogens is 365 g/mol. The number of benzene rings is 1. The van der Waals surface area contributed by atoms with Crippen LogP contribution in [0.2, 0.25) is 0 Å². The van der Waals surface area contributed by atoms with Gasteiger partial charge in [0.15, 0.2) is 0 Å². The largest absolute Gasteiger partial charge is 0.507 e. The molecule has 1 rings (SSSR count). The number of hydrogen-bond donors (Lipinski definition) is 2. The van der Waals surface area contributed by atoms with Gasteiger partial charge in [0.25, 0.3) is 5.91 Å². The second-order valence-electron chi connectivity index (χ2n) is 4.02. The van der Waals surface area contributed by atoms with Crippen molar-refractivity contribution in [3.05, 3.63) is 27.3 Å². The minimum absolute atomic E-state index is 0.0232. The second-order valence-corrected chi connectivity index (χ2v) is 5.64. The molecule has 100 valence electrons. The zero-order valence-electron chi connectivity index (χ0n) is 10.1. The summed E-state index contributed by atoms with van der Waals surface area (Å²) in [6.07, 6.45) is 4.11. The van der Waals surface area contributed by atoms with Crippen molar-refractivity contribution < 1.29 is 9.90 Å². The van der Waals surface area contributed by atoms with Crippen LogP contribution in [-0.2, 0) is 0 Å². The molecule has 5 heteroatoms. The lowest BCUT2D eigenvalue weighted by atomic mass is 10.1. The van der Waals surface area contributed by atoms with E-state index >= 15 is 0 Å². The first-order chi connectivity index (χ1) is 8.65. The molecule has 18 heavy (non-hydrogen) atoms. The summed E-state index contributed by atoms with van der Waals surface area (Å²) in [4.78, 5) is 11.8. The van der Waals surface area contributed by atoms with Crippen LogP contribution in [0.4, 0.5) is 0 Å². The Morgan fingerprint density at radius 3 is 2.72 bits per heavy atom. The summed E-state index contributed by atoms with van der Waals surface area (Å²) in [7, 11) is 0. The van der Waals surface area contributed by atoms with Gasteiger partial charge in [-0.3, -0.25) is 4.79 Å². The molecule has 2 N–H and O–H groups in total. The number of hydrogen-bond acceptors (Lipinski definition) is 2. The van der Waals surface area contributed by atoms with Gasteiger partial charge in [-0.05, 0) is 53.6 Å². The summed E-state index contributed by atoms with van der Waals surface area (Å²) in [5.74, 6) is 0.501. The van der Waals surface area contributed by atoms with Gasteiger partial charge in [-0.15, -0.1) is 11.6 Å². The Morgan fingerprint density at radius 1 is 1.28 bits per heavy atom. The van der Waals surface area contributed by atoms with Crippen molar-refractivity contribution in [2.45, 2.75) is 25.7 Å². The minimum Gasteiger partial charge on any atom is -0.507 e. The third-order valence-corrected chi connectivity index (χ3v) is 3.49. The Labute approximate surface area is 126 Å². The zero-order chi connectivity index (χ0) is 13.4. The number of aromatic hydroxyl groups is 1. The predicted molar refractivity (Wildman–Crippen MR) is 82.3 cm³/mol. The fraction of sp³-hybridized carbons (Fsp3) is 0.462. The van der Waals surface area contributed by atoms with Crippen LogP contribution in [0.25, 0.3) is 0 Å². The van der Waals surface area contributed by atoms with Crippen molar-refractivity contribution in [3.8, 4) is 5.75 Å². The van der Waals surface area contributed by atoms with E-state index in [0.717, 1.165) is 29.3 Å². The van der Waals surface area contributed by atoms with Crippen LogP contribution in [0.3, 0.4) is 0 Å². The van der Waals surface area contributed by atoms with Crippen molar-refractivity contribution in [2.24, 2.45) is 0 Å². The Morgan fingerprint density at radius 2 is 2.00 bits per heavy atom. The van der Waals surface area contributed by atoms with Gasteiger partial charge in [-0.1, -0.05) is 12.8 Å². The third kappa shape index (κ3) is 5.44. The Hall–Kier alpha value is -0.490. The number of unbranched alkanes of at least 4 members (excludes halogenated alkanes) is 3. The maximum atomic E-state index is 11.8. The second kappa shape index (κ2) is 8.58. The van der Waals surface area contributed by atoms with E-state index in [9.17, 15) is 9.90 Å². The fourth-order valence-corrected chi connectivity index (χ4v) is 2.24. The van der Waals surface area contributed by atoms with E-state index in [4.69, 9.17) is 11.6 Å². The maximum absolute atomic E-state index is 11.8. The third-order valence-electron chi connectivity index (χ3n) is 2.55. The van der Waals surface area contributed by atoms with Crippen molar-refractivity contribution in [3.63, 3.8) is 0 Å². The summed E-state index contributed by atoms with van der Waals surface area (Å²) >= 11 is 7.69. The molecule has 0 radical (unpaired) electrons. The monoisotopic (exact) mass is 381 g/mol. The van der Waals surface area contributed by atoms with E-state index in [1.807, 2.05) is 0 Å². The molecule has 3 nitrogen and oxygen atoms in total. The Kier molecular flexibility index (Phi) is 7.42. The van der Waals surface area contributed by atoms with Crippen molar-refractivity contribution in [2.75, 3.05) is 12.4 Å². The van der Waals surface area contributed by atoms with E-state index in [2.05, 4.69) is 27.9 Å². The first kappa shape index (κ1) is 15.6. The van der Waals surface area contributed by atoms with Gasteiger partial charge in [-0.2, -0.15) is 0 Å². The predicted octanol–water partition coefficient (Wildman–Crippen LogP) is 3.53. The van der Waals surface area contributed by atoms with E-state index < -0.39 is 0 Å². The van der Waals surface area contributed by atoms with Crippen molar-refractivity contribution >= 4 is 40.1 Å². The van der Waals surface area contributed by atoms with Crippen LogP contribution < -0.4 is 5.32 Å². The smallest absolute Gasteiger partial charge is 0.255 e. The molecule has 1 aromatic rings. The highest BCUT2D eigenvalue weighted by Gasteiger charge is 2.10. The molecular formula is C13H17ClINO2. The van der Waals surface area contributed by atoms with Gasteiger partial charge in [0.2, 0.25) is 0 Å². The number of carbonyl (C=O) groups excluding carboxylic acids is 1. The minimum atomic E-state index is -0.219. The lowest BCUT2D eigenvalue weighted by Crippen LogP contribution is -2.24. The van der Waals surface area contributed by atoms with E-state index in [1.54, 1.807) is 12.1 Å². The highest BCUT2D eigenvalue weighted by Crippen LogP contribution is 2.19. The molecule has 0 bridgehead atoms. The van der Waals surface area contributed by atoms with Crippen LogP contribution in [0.5, 0.6) is 5.75 Å². The Bertz CT molecular complexity index is 399. The average Bonchev–Trinajstić information content (AvgIpc) is 2.36. The fourth-order valence-electron chi connectivity index (χ4n) is 1.56. The van der Waals surface area contributed by atoms with Crippen LogP contribution in [-0.4, -0.2) is 23.4 Å². The molecule has 0 fully saturated rings. The zero-order valence-corrected chi connectivity index (χ0v) is 13.0. The summed E-state index contributed by atoms with van der Waals surface area (Å²) in [6, 6.07) is 4.98. The highest BCUT2D eigenvalue weighted by atomic mass is 127. The topological polar surface area (TPSA) is 49.3 Å². The number of carbonyl (C=O) groups is 1. The van der Waals surface area contributed by atoms with Gasteiger partial charge in [0.1, 0.15) is 5.75 Å². The standard InChI is InChI=1S/C13H17ClINO2/c14-7-3-1-2-4-8-16-13(18)11-9-10(15)5-6-12(11)17/h5-6,9,17H,1-4,7-8H2,(H,16,18). The molecule has 0 aliphatic rings. The summed E-state index contributed by atoms with van der Waals surface area (Å²) in [6.45, 7) is 0.631. The molecule has 0 aromatic heterocycles. The number of rotatable bonds is 7. The molecule has 0 heterocycles. The van der Waals surface area contributed by atoms with Crippen molar-refractivity contribution in [1.29, 1.82) is 0 Å². The number of phenolic OH excluding ortho intramolecular Hbond substituents is 1. The molecule has 0 unspecified atom stereocenters. The lowest BCUT2D eigenvalue weighted by molar-refractivity contribution is 0.0950. The molecule has 0 atom stereocenters. The Balaban J connectivity index is 2.34. The molecule has 0 saturated heterocycles. The van der Waals surface area contributed by atoms with Gasteiger partial charge in [0, 0.05) is 16.0 Å². The summed E-state index contributed by atoms with van der Waals surface area (Å²) in [5.41, 5.74) is 0.336. The van der Waals surface area contributed by atoms with Crippen LogP contribution in [0.15, 0.2) is 18.2 Å². The number of halogens is 2. The van der Waals surface area contributed by atoms with E-state index in [0.29, 0.717) is 18.0 Å². The summed E-state index contributed by atoms with van der Waals surface area (Å²) in [5, 5.41) is 12.4. The van der Waals surface area contributed by atoms with Crippen LogP contribution >= 0.6 is 34.2 Å². The van der Waals surface area contributed by atoms with Gasteiger partial charge in [-0.25, -0.2) is 0 Å². The van der Waals surface area contributed by atoms with E-state index in [-0.39, 0.29) is 11.7 Å². The normalized spacial score (nSPS) is 10.3. The molecule has 0 aliphatic heterocycles. The molecule has 1 amide bonds. The van der Waals surface area contributed by atoms with E-state index in [1.165, 1.54) is 6.07 Å². The first-order valence-corrected chi connectivity index (χ1v) is 7.59. The first-order valence-electron chi connectivity index (χ1n) is 5.98. The van der Waals surface area contributed by atoms with Gasteiger partial charge < -0.3 is 10.4 Å². The number of amides is 1. The molecule has 0 saturated carbocycles. The quantitative estimate of drug-likeness (QED) is 0.431. The van der Waals surface area contributed by atoms with Crippen molar-refractivity contribution in [1.82, 2.24) is 5.32 Å². The number of nitrogens with one attached hydrogen (secondary N) is 1. The molecule has 0 aliphatic carbocycles. The highest BCUT2D eigenvalue weighted by molar-refractivity contribution is 14.1. The van der Waals surface area contributed by atoms with Crippen LogP contribution in [0, 0.1) is 3.57 Å².